The van der Waals surface area contributed by atoms with Gasteiger partial charge >= 0.3 is 15.6 Å². The Balaban J connectivity index is 1.79. The van der Waals surface area contributed by atoms with E-state index in [-0.39, 0.29) is 53.9 Å². The molecule has 0 aliphatic heterocycles. The lowest BCUT2D eigenvalue weighted by atomic mass is 10.1. The molecule has 228 valence electrons. The molecule has 4 atom stereocenters. The van der Waals surface area contributed by atoms with Gasteiger partial charge in [-0.25, -0.2) is 13.7 Å². The summed E-state index contributed by atoms with van der Waals surface area (Å²) in [4.78, 5) is 71.1. The van der Waals surface area contributed by atoms with Gasteiger partial charge in [0.15, 0.2) is 0 Å². The van der Waals surface area contributed by atoms with Crippen LogP contribution in [0.25, 0.3) is 21.5 Å². The zero-order chi connectivity index (χ0) is 30.5. The highest BCUT2D eigenvalue weighted by atomic mass is 31.2. The third-order valence-electron chi connectivity index (χ3n) is 6.60. The molecule has 2 heterocycles. The van der Waals surface area contributed by atoms with Crippen molar-refractivity contribution in [2.24, 2.45) is 11.8 Å². The number of hydrogen-bond donors (Lipinski definition) is 4. The molecule has 0 amide bonds. The standard InChI is InChI=1S/C23H32N2O14P2/c1-3-14(9-26)11-37-40(32,33)36-6-5-24-20(28)16-7-18-19(8-17(16)21(24)29)23(31)25(22(18)30)13-39-41(34,35)38-12-15(4-2)10-27/h7-8,14-15,26-27H,3-6,9-13H2,1-2H3,(H,32,33)(H,34,35). The summed E-state index contributed by atoms with van der Waals surface area (Å²) >= 11 is 0. The average molecular weight is 622 g/mol. The summed E-state index contributed by atoms with van der Waals surface area (Å²) in [5, 5.41) is 17.5. The first-order chi connectivity index (χ1) is 19.3. The third kappa shape index (κ3) is 7.73. The lowest BCUT2D eigenvalue weighted by molar-refractivity contribution is 0.0888. The number of hydrogen-bond acceptors (Lipinski definition) is 12. The molecule has 3 rings (SSSR count). The highest BCUT2D eigenvalue weighted by Gasteiger charge is 2.26. The van der Waals surface area contributed by atoms with Gasteiger partial charge < -0.3 is 20.0 Å². The van der Waals surface area contributed by atoms with Crippen LogP contribution in [-0.4, -0.2) is 62.2 Å². The third-order valence-corrected chi connectivity index (χ3v) is 8.50. The van der Waals surface area contributed by atoms with Gasteiger partial charge in [0.2, 0.25) is 0 Å². The smallest absolute Gasteiger partial charge is 0.396 e. The summed E-state index contributed by atoms with van der Waals surface area (Å²) in [6.45, 7) is 0.455. The lowest BCUT2D eigenvalue weighted by Gasteiger charge is -2.15. The van der Waals surface area contributed by atoms with Gasteiger partial charge in [-0.3, -0.25) is 41.8 Å². The van der Waals surface area contributed by atoms with Gasteiger partial charge in [-0.1, -0.05) is 13.8 Å². The zero-order valence-electron chi connectivity index (χ0n) is 22.3. The van der Waals surface area contributed by atoms with Crippen LogP contribution >= 0.6 is 15.6 Å². The van der Waals surface area contributed by atoms with Gasteiger partial charge in [0.25, 0.3) is 22.2 Å². The second-order valence-corrected chi connectivity index (χ2v) is 12.2. The summed E-state index contributed by atoms with van der Waals surface area (Å²) in [7, 11) is -9.23. The zero-order valence-corrected chi connectivity index (χ0v) is 24.1. The number of aromatic nitrogens is 2. The maximum Gasteiger partial charge on any atom is 0.473 e. The molecule has 4 unspecified atom stereocenters. The molecule has 0 aliphatic rings. The van der Waals surface area contributed by atoms with Crippen LogP contribution in [0.15, 0.2) is 31.3 Å². The Morgan fingerprint density at radius 3 is 1.46 bits per heavy atom. The number of phosphoric acid groups is 2. The van der Waals surface area contributed by atoms with Gasteiger partial charge in [0.05, 0.1) is 47.9 Å². The van der Waals surface area contributed by atoms with Crippen molar-refractivity contribution in [2.75, 3.05) is 33.0 Å². The molecule has 0 fully saturated rings. The molecule has 0 aliphatic carbocycles. The Morgan fingerprint density at radius 2 is 1.07 bits per heavy atom. The summed E-state index contributed by atoms with van der Waals surface area (Å²) < 4.78 is 44.6. The highest BCUT2D eigenvalue weighted by Crippen LogP contribution is 2.44. The molecular formula is C23H32N2O14P2. The Hall–Kier alpha value is -2.36. The normalized spacial score (nSPS) is 16.6. The predicted molar refractivity (Wildman–Crippen MR) is 145 cm³/mol. The number of aliphatic hydroxyl groups excluding tert-OH is 2. The van der Waals surface area contributed by atoms with E-state index in [1.54, 1.807) is 13.8 Å². The molecule has 0 spiro atoms. The van der Waals surface area contributed by atoms with Crippen molar-refractivity contribution in [1.29, 1.82) is 0 Å². The van der Waals surface area contributed by atoms with E-state index >= 15 is 0 Å². The monoisotopic (exact) mass is 622 g/mol. The predicted octanol–water partition coefficient (Wildman–Crippen LogP) is 0.174. The van der Waals surface area contributed by atoms with Gasteiger partial charge in [-0.2, -0.15) is 0 Å². The van der Waals surface area contributed by atoms with E-state index in [0.717, 1.165) is 12.1 Å². The molecule has 0 saturated heterocycles. The van der Waals surface area contributed by atoms with E-state index in [1.165, 1.54) is 0 Å². The van der Waals surface area contributed by atoms with E-state index in [4.69, 9.17) is 28.3 Å². The number of rotatable bonds is 17. The van der Waals surface area contributed by atoms with Gasteiger partial charge in [0.1, 0.15) is 6.73 Å². The molecule has 4 N–H and O–H groups in total. The molecule has 0 radical (unpaired) electrons. The summed E-state index contributed by atoms with van der Waals surface area (Å²) in [6.07, 6.45) is 0.954. The van der Waals surface area contributed by atoms with Crippen LogP contribution in [-0.2, 0) is 40.5 Å². The molecule has 18 heteroatoms. The first kappa shape index (κ1) is 33.1. The van der Waals surface area contributed by atoms with Crippen molar-refractivity contribution >= 4 is 37.2 Å². The molecule has 1 aromatic carbocycles. The average Bonchev–Trinajstić information content (AvgIpc) is 3.31. The van der Waals surface area contributed by atoms with Crippen LogP contribution in [0.4, 0.5) is 0 Å². The molecule has 41 heavy (non-hydrogen) atoms. The Kier molecular flexibility index (Phi) is 11.1. The molecule has 0 saturated carbocycles. The molecular weight excluding hydrogens is 590 g/mol. The van der Waals surface area contributed by atoms with Gasteiger partial charge in [-0.15, -0.1) is 0 Å². The Morgan fingerprint density at radius 1 is 0.683 bits per heavy atom. The van der Waals surface area contributed by atoms with Crippen molar-refractivity contribution in [3.8, 4) is 0 Å². The number of phosphoric ester groups is 2. The second-order valence-electron chi connectivity index (χ2n) is 9.28. The fourth-order valence-electron chi connectivity index (χ4n) is 3.85. The van der Waals surface area contributed by atoms with E-state index < -0.39 is 63.7 Å². The maximum atomic E-state index is 12.9. The van der Waals surface area contributed by atoms with Crippen LogP contribution in [0.5, 0.6) is 0 Å². The van der Waals surface area contributed by atoms with Crippen molar-refractivity contribution in [1.82, 2.24) is 9.13 Å². The fourth-order valence-corrected chi connectivity index (χ4v) is 5.37. The minimum atomic E-state index is -4.69. The Labute approximate surface area is 232 Å². The number of aliphatic hydroxyl groups is 2. The van der Waals surface area contributed by atoms with E-state index in [1.807, 2.05) is 0 Å². The van der Waals surface area contributed by atoms with Crippen molar-refractivity contribution in [3.05, 3.63) is 53.5 Å². The summed E-state index contributed by atoms with van der Waals surface area (Å²) in [6, 6.07) is 2.10. The first-order valence-corrected chi connectivity index (χ1v) is 15.6. The molecule has 2 aromatic heterocycles. The summed E-state index contributed by atoms with van der Waals surface area (Å²) in [5.41, 5.74) is -3.56. The van der Waals surface area contributed by atoms with E-state index in [9.17, 15) is 38.1 Å². The number of nitrogens with zero attached hydrogens (tertiary/aromatic N) is 2. The van der Waals surface area contributed by atoms with Crippen molar-refractivity contribution < 1.29 is 47.2 Å². The van der Waals surface area contributed by atoms with Crippen LogP contribution in [0, 0.1) is 11.8 Å². The number of fused-ring (bicyclic) bond motifs is 2. The summed E-state index contributed by atoms with van der Waals surface area (Å²) in [5.74, 6) is -0.800. The highest BCUT2D eigenvalue weighted by molar-refractivity contribution is 7.47. The SMILES string of the molecule is CCC(CO)COP(=O)(O)OCCn1c(=O)c2cc3c(=O)n(COP(=O)(O)OCC(CC)CO)c(=O)c3cc2c1=O. The van der Waals surface area contributed by atoms with Crippen LogP contribution < -0.4 is 22.2 Å². The second kappa shape index (κ2) is 13.7. The van der Waals surface area contributed by atoms with Crippen LogP contribution in [0.1, 0.15) is 26.7 Å². The minimum Gasteiger partial charge on any atom is -0.396 e. The lowest BCUT2D eigenvalue weighted by Crippen LogP contribution is -2.27. The van der Waals surface area contributed by atoms with Gasteiger partial charge in [0, 0.05) is 25.0 Å². The van der Waals surface area contributed by atoms with Crippen LogP contribution in [0.2, 0.25) is 0 Å². The van der Waals surface area contributed by atoms with E-state index in [2.05, 4.69) is 0 Å². The quantitative estimate of drug-likeness (QED) is 0.147. The fraction of sp³-hybridized carbons (Fsp3) is 0.565. The minimum absolute atomic E-state index is 0.194. The molecule has 16 nitrogen and oxygen atoms in total. The van der Waals surface area contributed by atoms with Crippen molar-refractivity contribution in [3.63, 3.8) is 0 Å². The van der Waals surface area contributed by atoms with Crippen LogP contribution in [0.3, 0.4) is 0 Å². The van der Waals surface area contributed by atoms with E-state index in [0.29, 0.717) is 22.0 Å². The first-order valence-electron chi connectivity index (χ1n) is 12.6. The molecule has 3 aromatic rings. The van der Waals surface area contributed by atoms with Gasteiger partial charge in [-0.05, 0) is 25.0 Å². The number of benzene rings is 1. The largest absolute Gasteiger partial charge is 0.473 e. The maximum absolute atomic E-state index is 12.9. The van der Waals surface area contributed by atoms with Crippen molar-refractivity contribution in [2.45, 2.75) is 40.0 Å². The topological polar surface area (TPSA) is 230 Å². The Bertz CT molecular complexity index is 1580. The molecule has 0 bridgehead atoms.